The van der Waals surface area contributed by atoms with Gasteiger partial charge in [0.15, 0.2) is 11.4 Å². The summed E-state index contributed by atoms with van der Waals surface area (Å²) in [6, 6.07) is 6.24. The first kappa shape index (κ1) is 16.5. The van der Waals surface area contributed by atoms with Gasteiger partial charge in [-0.1, -0.05) is 12.1 Å². The summed E-state index contributed by atoms with van der Waals surface area (Å²) < 4.78 is 43.5. The van der Waals surface area contributed by atoms with Crippen molar-refractivity contribution in [2.45, 2.75) is 19.7 Å². The van der Waals surface area contributed by atoms with Crippen molar-refractivity contribution in [1.29, 1.82) is 0 Å². The van der Waals surface area contributed by atoms with Gasteiger partial charge in [-0.2, -0.15) is 18.3 Å². The fourth-order valence-electron chi connectivity index (χ4n) is 1.79. The zero-order valence-corrected chi connectivity index (χ0v) is 11.8. The van der Waals surface area contributed by atoms with Gasteiger partial charge in [0.1, 0.15) is 6.61 Å². The Bertz CT molecular complexity index is 735. The summed E-state index contributed by atoms with van der Waals surface area (Å²) in [5.41, 5.74) is -1.16. The molecule has 0 saturated carbocycles. The summed E-state index contributed by atoms with van der Waals surface area (Å²) in [7, 11) is 0. The number of aromatic carboxylic acids is 1. The summed E-state index contributed by atoms with van der Waals surface area (Å²) in [6.07, 6.45) is -4.75. The van der Waals surface area contributed by atoms with Crippen LogP contribution in [0.15, 0.2) is 30.3 Å². The minimum Gasteiger partial charge on any atom is -0.477 e. The van der Waals surface area contributed by atoms with Crippen molar-refractivity contribution in [2.24, 2.45) is 0 Å². The molecule has 0 radical (unpaired) electrons. The van der Waals surface area contributed by atoms with E-state index >= 15 is 0 Å². The number of nitrogens with zero attached hydrogens (tertiary/aromatic N) is 2. The lowest BCUT2D eigenvalue weighted by Gasteiger charge is -2.07. The van der Waals surface area contributed by atoms with Crippen LogP contribution in [0, 0.1) is 0 Å². The number of carbonyl (C=O) groups excluding carboxylic acids is 1. The minimum atomic E-state index is -4.75. The number of ether oxygens (including phenoxy) is 1. The molecular weight excluding hydrogens is 317 g/mol. The molecule has 23 heavy (non-hydrogen) atoms. The Morgan fingerprint density at radius 1 is 1.26 bits per heavy atom. The second-order valence-electron chi connectivity index (χ2n) is 4.58. The zero-order valence-electron chi connectivity index (χ0n) is 11.8. The van der Waals surface area contributed by atoms with Gasteiger partial charge in [0.25, 0.3) is 0 Å². The molecule has 0 aliphatic rings. The minimum absolute atomic E-state index is 0.00824. The molecule has 0 aliphatic carbocycles. The molecule has 0 unspecified atom stereocenters. The van der Waals surface area contributed by atoms with Crippen molar-refractivity contribution in [3.05, 3.63) is 47.3 Å². The average molecular weight is 328 g/mol. The maximum atomic E-state index is 12.7. The molecule has 1 N–H and O–H groups in total. The molecule has 0 bridgehead atoms. The molecule has 122 valence electrons. The SMILES string of the molecule is CC(=O)OCc1ccc(-n2nc(C(F)(F)F)cc2C(=O)O)cc1. The first-order valence-corrected chi connectivity index (χ1v) is 6.31. The smallest absolute Gasteiger partial charge is 0.435 e. The lowest BCUT2D eigenvalue weighted by Crippen LogP contribution is -2.09. The number of aromatic nitrogens is 2. The number of carboxylic acids is 1. The van der Waals surface area contributed by atoms with Gasteiger partial charge in [-0.15, -0.1) is 0 Å². The molecule has 1 aromatic heterocycles. The van der Waals surface area contributed by atoms with Gasteiger partial charge >= 0.3 is 18.1 Å². The molecule has 2 rings (SSSR count). The second-order valence-corrected chi connectivity index (χ2v) is 4.58. The Morgan fingerprint density at radius 3 is 2.35 bits per heavy atom. The Morgan fingerprint density at radius 2 is 1.87 bits per heavy atom. The average Bonchev–Trinajstić information content (AvgIpc) is 2.91. The van der Waals surface area contributed by atoms with E-state index in [0.29, 0.717) is 16.3 Å². The molecule has 2 aromatic rings. The van der Waals surface area contributed by atoms with E-state index in [9.17, 15) is 22.8 Å². The van der Waals surface area contributed by atoms with Gasteiger partial charge in [0, 0.05) is 13.0 Å². The number of esters is 1. The number of alkyl halides is 3. The number of hydrogen-bond acceptors (Lipinski definition) is 4. The number of rotatable bonds is 4. The molecule has 0 amide bonds. The van der Waals surface area contributed by atoms with Crippen molar-refractivity contribution in [3.63, 3.8) is 0 Å². The lowest BCUT2D eigenvalue weighted by molar-refractivity contribution is -0.142. The van der Waals surface area contributed by atoms with E-state index in [1.54, 1.807) is 0 Å². The molecule has 1 heterocycles. The topological polar surface area (TPSA) is 81.4 Å². The first-order valence-electron chi connectivity index (χ1n) is 6.31. The predicted molar refractivity (Wildman–Crippen MR) is 71.0 cm³/mol. The van der Waals surface area contributed by atoms with Crippen LogP contribution in [0.25, 0.3) is 5.69 Å². The van der Waals surface area contributed by atoms with Crippen molar-refractivity contribution < 1.29 is 32.6 Å². The number of hydrogen-bond donors (Lipinski definition) is 1. The Hall–Kier alpha value is -2.84. The number of benzene rings is 1. The lowest BCUT2D eigenvalue weighted by atomic mass is 10.2. The van der Waals surface area contributed by atoms with Crippen LogP contribution in [0.3, 0.4) is 0 Å². The fraction of sp³-hybridized carbons (Fsp3) is 0.214. The summed E-state index contributed by atoms with van der Waals surface area (Å²) in [4.78, 5) is 21.8. The van der Waals surface area contributed by atoms with Crippen LogP contribution in [0.2, 0.25) is 0 Å². The normalized spacial score (nSPS) is 11.3. The van der Waals surface area contributed by atoms with Crippen LogP contribution in [-0.2, 0) is 22.3 Å². The van der Waals surface area contributed by atoms with E-state index in [-0.39, 0.29) is 12.3 Å². The van der Waals surface area contributed by atoms with Crippen LogP contribution in [0.1, 0.15) is 28.7 Å². The maximum Gasteiger partial charge on any atom is 0.435 e. The van der Waals surface area contributed by atoms with Crippen molar-refractivity contribution in [2.75, 3.05) is 0 Å². The quantitative estimate of drug-likeness (QED) is 0.873. The van der Waals surface area contributed by atoms with E-state index in [1.165, 1.54) is 31.2 Å². The summed E-state index contributed by atoms with van der Waals surface area (Å²) in [5.74, 6) is -2.00. The van der Waals surface area contributed by atoms with Gasteiger partial charge < -0.3 is 9.84 Å². The highest BCUT2D eigenvalue weighted by Crippen LogP contribution is 2.29. The monoisotopic (exact) mass is 328 g/mol. The van der Waals surface area contributed by atoms with Gasteiger partial charge in [-0.3, -0.25) is 4.79 Å². The molecule has 9 heteroatoms. The van der Waals surface area contributed by atoms with E-state index < -0.39 is 29.5 Å². The Balaban J connectivity index is 2.35. The molecule has 0 saturated heterocycles. The molecule has 0 atom stereocenters. The van der Waals surface area contributed by atoms with E-state index in [0.717, 1.165) is 0 Å². The Kier molecular flexibility index (Phi) is 4.39. The van der Waals surface area contributed by atoms with Crippen LogP contribution in [-0.4, -0.2) is 26.8 Å². The molecule has 0 aliphatic heterocycles. The highest BCUT2D eigenvalue weighted by atomic mass is 19.4. The van der Waals surface area contributed by atoms with Crippen LogP contribution in [0.4, 0.5) is 13.2 Å². The molecule has 6 nitrogen and oxygen atoms in total. The zero-order chi connectivity index (χ0) is 17.2. The van der Waals surface area contributed by atoms with Crippen molar-refractivity contribution in [3.8, 4) is 5.69 Å². The standard InChI is InChI=1S/C14H11F3N2O4/c1-8(20)23-7-9-2-4-10(5-3-9)19-11(13(21)22)6-12(18-19)14(15,16)17/h2-6H,7H2,1H3,(H,21,22). The van der Waals surface area contributed by atoms with Gasteiger partial charge in [0.05, 0.1) is 5.69 Å². The second kappa shape index (κ2) is 6.11. The highest BCUT2D eigenvalue weighted by molar-refractivity contribution is 5.86. The van der Waals surface area contributed by atoms with Crippen LogP contribution < -0.4 is 0 Å². The van der Waals surface area contributed by atoms with Crippen molar-refractivity contribution >= 4 is 11.9 Å². The molecule has 0 spiro atoms. The largest absolute Gasteiger partial charge is 0.477 e. The Labute approximate surface area is 128 Å². The molecule has 1 aromatic carbocycles. The van der Waals surface area contributed by atoms with E-state index in [2.05, 4.69) is 5.10 Å². The van der Waals surface area contributed by atoms with Crippen molar-refractivity contribution in [1.82, 2.24) is 9.78 Å². The number of carboxylic acid groups (broad SMARTS) is 1. The third-order valence-corrected chi connectivity index (χ3v) is 2.84. The van der Waals surface area contributed by atoms with E-state index in [1.807, 2.05) is 0 Å². The third kappa shape index (κ3) is 3.87. The predicted octanol–water partition coefficient (Wildman–Crippen LogP) is 2.65. The molecular formula is C14H11F3N2O4. The maximum absolute atomic E-state index is 12.7. The summed E-state index contributed by atoms with van der Waals surface area (Å²) in [6.45, 7) is 1.25. The number of halogens is 3. The number of carbonyl (C=O) groups is 2. The first-order chi connectivity index (χ1) is 10.7. The molecule has 0 fully saturated rings. The van der Waals surface area contributed by atoms with Gasteiger partial charge in [0.2, 0.25) is 0 Å². The van der Waals surface area contributed by atoms with Gasteiger partial charge in [-0.05, 0) is 17.7 Å². The van der Waals surface area contributed by atoms with E-state index in [4.69, 9.17) is 9.84 Å². The third-order valence-electron chi connectivity index (χ3n) is 2.84. The highest BCUT2D eigenvalue weighted by Gasteiger charge is 2.36. The van der Waals surface area contributed by atoms with Gasteiger partial charge in [-0.25, -0.2) is 9.48 Å². The summed E-state index contributed by atoms with van der Waals surface area (Å²) in [5, 5.41) is 12.3. The van der Waals surface area contributed by atoms with Crippen LogP contribution in [0.5, 0.6) is 0 Å². The summed E-state index contributed by atoms with van der Waals surface area (Å²) >= 11 is 0. The van der Waals surface area contributed by atoms with Crippen LogP contribution >= 0.6 is 0 Å². The fourth-order valence-corrected chi connectivity index (χ4v) is 1.79.